The third-order valence-electron chi connectivity index (χ3n) is 9.88. The van der Waals surface area contributed by atoms with E-state index in [2.05, 4.69) is 71.6 Å². The Morgan fingerprint density at radius 1 is 1.08 bits per heavy atom. The molecule has 14 heteroatoms. The van der Waals surface area contributed by atoms with Crippen LogP contribution in [0, 0.1) is 18.3 Å². The number of aryl methyl sites for hydroxylation is 1. The second-order valence-corrected chi connectivity index (χ2v) is 14.2. The second-order valence-electron chi connectivity index (χ2n) is 13.1. The Labute approximate surface area is 281 Å². The molecular weight excluding hydrogens is 639 g/mol. The summed E-state index contributed by atoms with van der Waals surface area (Å²) in [6.07, 6.45) is -1.99. The summed E-state index contributed by atoms with van der Waals surface area (Å²) in [6, 6.07) is 11.7. The number of alkyl halides is 3. The van der Waals surface area contributed by atoms with Crippen molar-refractivity contribution in [1.29, 1.82) is 5.26 Å². The molecule has 2 fully saturated rings. The number of aromatic nitrogens is 3. The molecule has 7 rings (SSSR count). The highest BCUT2D eigenvalue weighted by molar-refractivity contribution is 7.18. The predicted octanol–water partition coefficient (Wildman–Crippen LogP) is 5.40. The molecule has 254 valence electrons. The lowest BCUT2D eigenvalue weighted by atomic mass is 10.0. The summed E-state index contributed by atoms with van der Waals surface area (Å²) in [6.45, 7) is 12.8. The van der Waals surface area contributed by atoms with Gasteiger partial charge in [-0.25, -0.2) is 15.0 Å². The Balaban J connectivity index is 0.969. The van der Waals surface area contributed by atoms with E-state index in [1.54, 1.807) is 6.07 Å². The minimum Gasteiger partial charge on any atom is -0.463 e. The number of amidine groups is 1. The fourth-order valence-corrected chi connectivity index (χ4v) is 8.23. The third-order valence-corrected chi connectivity index (χ3v) is 10.9. The molecule has 0 radical (unpaired) electrons. The molecule has 10 nitrogen and oxygen atoms in total. The van der Waals surface area contributed by atoms with Crippen LogP contribution >= 0.6 is 11.3 Å². The lowest BCUT2D eigenvalue weighted by Crippen LogP contribution is -2.52. The molecule has 3 aliphatic rings. The largest absolute Gasteiger partial charge is 0.463 e. The van der Waals surface area contributed by atoms with Crippen molar-refractivity contribution in [2.75, 3.05) is 57.7 Å². The predicted molar refractivity (Wildman–Crippen MR) is 181 cm³/mol. The number of aliphatic imine (C=N–C) groups is 1. The summed E-state index contributed by atoms with van der Waals surface area (Å²) in [5, 5.41) is 15.3. The van der Waals surface area contributed by atoms with Crippen LogP contribution in [0.3, 0.4) is 0 Å². The summed E-state index contributed by atoms with van der Waals surface area (Å²) in [4.78, 5) is 21.0. The first kappa shape index (κ1) is 32.6. The van der Waals surface area contributed by atoms with Gasteiger partial charge in [-0.15, -0.1) is 11.3 Å². The maximum atomic E-state index is 13.0. The number of benzene rings is 1. The van der Waals surface area contributed by atoms with Crippen molar-refractivity contribution < 1.29 is 17.9 Å². The average molecular weight is 680 g/mol. The number of hydrogen-bond acceptors (Lipinski definition) is 10. The Bertz CT molecular complexity index is 1850. The lowest BCUT2D eigenvalue weighted by Gasteiger charge is -2.38. The maximum Gasteiger partial charge on any atom is 0.393 e. The van der Waals surface area contributed by atoms with E-state index in [0.29, 0.717) is 28.3 Å². The third kappa shape index (κ3) is 6.95. The van der Waals surface area contributed by atoms with E-state index in [-0.39, 0.29) is 17.0 Å². The van der Waals surface area contributed by atoms with Crippen molar-refractivity contribution in [3.8, 4) is 6.07 Å². The Morgan fingerprint density at radius 2 is 1.88 bits per heavy atom. The van der Waals surface area contributed by atoms with E-state index in [1.807, 2.05) is 6.07 Å². The summed E-state index contributed by atoms with van der Waals surface area (Å²) < 4.78 is 46.7. The fourth-order valence-electron chi connectivity index (χ4n) is 7.21. The number of thiophene rings is 1. The van der Waals surface area contributed by atoms with Crippen molar-refractivity contribution in [3.05, 3.63) is 52.3 Å². The van der Waals surface area contributed by atoms with Crippen LogP contribution in [0.5, 0.6) is 0 Å². The van der Waals surface area contributed by atoms with E-state index in [9.17, 15) is 18.4 Å². The van der Waals surface area contributed by atoms with Crippen LogP contribution in [-0.2, 0) is 24.2 Å². The average Bonchev–Trinajstić information content (AvgIpc) is 3.82. The molecule has 0 unspecified atom stereocenters. The molecule has 0 spiro atoms. The number of piperazine rings is 1. The van der Waals surface area contributed by atoms with Gasteiger partial charge in [-0.3, -0.25) is 9.80 Å². The minimum atomic E-state index is -4.25. The van der Waals surface area contributed by atoms with Gasteiger partial charge in [-0.2, -0.15) is 18.4 Å². The molecule has 0 amide bonds. The molecule has 1 N–H and O–H groups in total. The van der Waals surface area contributed by atoms with Gasteiger partial charge >= 0.3 is 6.18 Å². The molecule has 48 heavy (non-hydrogen) atoms. The molecule has 3 aliphatic heterocycles. The number of halogens is 3. The summed E-state index contributed by atoms with van der Waals surface area (Å²) >= 11 is 1.07. The molecule has 4 aromatic rings. The zero-order valence-electron chi connectivity index (χ0n) is 27.3. The monoisotopic (exact) mass is 679 g/mol. The Hall–Kier alpha value is -3.93. The van der Waals surface area contributed by atoms with Crippen molar-refractivity contribution in [2.45, 2.75) is 64.5 Å². The number of likely N-dealkylation sites (tertiary alicyclic amines) is 1. The molecule has 1 atom stereocenters. The van der Waals surface area contributed by atoms with E-state index in [1.165, 1.54) is 17.5 Å². The van der Waals surface area contributed by atoms with Gasteiger partial charge in [-0.1, -0.05) is 6.07 Å². The van der Waals surface area contributed by atoms with Crippen molar-refractivity contribution >= 4 is 44.3 Å². The number of anilines is 1. The van der Waals surface area contributed by atoms with Gasteiger partial charge in [0.1, 0.15) is 35.3 Å². The van der Waals surface area contributed by atoms with E-state index >= 15 is 0 Å². The van der Waals surface area contributed by atoms with Crippen molar-refractivity contribution in [1.82, 2.24) is 29.2 Å². The van der Waals surface area contributed by atoms with Gasteiger partial charge in [0.2, 0.25) is 0 Å². The number of piperidine rings is 1. The minimum absolute atomic E-state index is 0.177. The molecule has 0 aliphatic carbocycles. The number of rotatable bonds is 8. The topological polar surface area (TPSA) is 97.8 Å². The highest BCUT2D eigenvalue weighted by Gasteiger charge is 2.30. The highest BCUT2D eigenvalue weighted by atomic mass is 32.1. The standard InChI is InChI=1S/C34H40F3N9OS/c1-22(44-10-12-45(13-11-44)33-39-7-14-47-33)19-46-26(18-38)15-28-23(2)24(3-4-30(28)46)20-43-8-5-25(6-9-43)42-31-29-16-27(17-34(35,36)37)48-32(29)41-21-40-31/h3-4,15-16,21-22,25H,5-14,17,19-20H2,1-2H3,(H,40,41,42)/t22-/m0/s1. The first-order valence-electron chi connectivity index (χ1n) is 16.6. The Morgan fingerprint density at radius 3 is 2.58 bits per heavy atom. The highest BCUT2D eigenvalue weighted by Crippen LogP contribution is 2.33. The molecule has 0 saturated carbocycles. The first-order valence-corrected chi connectivity index (χ1v) is 17.4. The van der Waals surface area contributed by atoms with Gasteiger partial charge in [-0.05, 0) is 56.0 Å². The maximum absolute atomic E-state index is 13.0. The summed E-state index contributed by atoms with van der Waals surface area (Å²) in [5.41, 5.74) is 4.24. The summed E-state index contributed by atoms with van der Waals surface area (Å²) in [5.74, 6) is 0.604. The van der Waals surface area contributed by atoms with Gasteiger partial charge in [0, 0.05) is 80.2 Å². The zero-order valence-corrected chi connectivity index (χ0v) is 28.1. The van der Waals surface area contributed by atoms with Crippen LogP contribution in [0.15, 0.2) is 35.6 Å². The number of nitrogens with zero attached hydrogens (tertiary/aromatic N) is 8. The molecule has 1 aromatic carbocycles. The smallest absolute Gasteiger partial charge is 0.393 e. The van der Waals surface area contributed by atoms with Gasteiger partial charge in [0.05, 0.1) is 18.4 Å². The number of nitriles is 1. The fraction of sp³-hybridized carbons (Fsp3) is 0.529. The van der Waals surface area contributed by atoms with E-state index in [4.69, 9.17) is 4.74 Å². The van der Waals surface area contributed by atoms with Crippen molar-refractivity contribution in [2.24, 2.45) is 4.99 Å². The van der Waals surface area contributed by atoms with Gasteiger partial charge < -0.3 is 19.5 Å². The second kappa shape index (κ2) is 13.5. The van der Waals surface area contributed by atoms with Crippen molar-refractivity contribution in [3.63, 3.8) is 0 Å². The number of hydrogen-bond donors (Lipinski definition) is 1. The molecule has 0 bridgehead atoms. The normalized spacial score (nSPS) is 19.1. The SMILES string of the molecule is Cc1c(CN2CCC(Nc3ncnc4sc(CC(F)(F)F)cc34)CC2)ccc2c1cc(C#N)n2C[C@H](C)N1CCN(C2=NCCO2)CC1. The quantitative estimate of drug-likeness (QED) is 0.265. The van der Waals surface area contributed by atoms with Crippen LogP contribution < -0.4 is 5.32 Å². The van der Waals surface area contributed by atoms with Crippen LogP contribution in [-0.4, -0.2) is 106 Å². The van der Waals surface area contributed by atoms with E-state index < -0.39 is 12.6 Å². The number of nitrogens with one attached hydrogen (secondary N) is 1. The zero-order chi connectivity index (χ0) is 33.4. The lowest BCUT2D eigenvalue weighted by molar-refractivity contribution is -0.126. The summed E-state index contributed by atoms with van der Waals surface area (Å²) in [7, 11) is 0. The van der Waals surface area contributed by atoms with Crippen LogP contribution in [0.4, 0.5) is 19.0 Å². The van der Waals surface area contributed by atoms with Gasteiger partial charge in [0.25, 0.3) is 6.02 Å². The number of ether oxygens (including phenoxy) is 1. The number of fused-ring (bicyclic) bond motifs is 2. The van der Waals surface area contributed by atoms with Gasteiger partial charge in [0.15, 0.2) is 0 Å². The Kier molecular flexibility index (Phi) is 9.19. The first-order chi connectivity index (χ1) is 23.1. The molecule has 2 saturated heterocycles. The molecule has 3 aromatic heterocycles. The van der Waals surface area contributed by atoms with Crippen LogP contribution in [0.25, 0.3) is 21.1 Å². The van der Waals surface area contributed by atoms with Crippen LogP contribution in [0.1, 0.15) is 41.5 Å². The van der Waals surface area contributed by atoms with E-state index in [0.717, 1.165) is 100 Å². The molecule has 6 heterocycles. The van der Waals surface area contributed by atoms with Crippen LogP contribution in [0.2, 0.25) is 0 Å². The molecular formula is C34H40F3N9OS.